The van der Waals surface area contributed by atoms with Crippen molar-refractivity contribution in [3.8, 4) is 0 Å². The molecule has 3 heterocycles. The predicted molar refractivity (Wildman–Crippen MR) is 103 cm³/mol. The van der Waals surface area contributed by atoms with Gasteiger partial charge < -0.3 is 10.2 Å². The summed E-state index contributed by atoms with van der Waals surface area (Å²) in [5, 5.41) is 4.45. The molecule has 1 aliphatic carbocycles. The number of carbonyl (C=O) groups is 1. The van der Waals surface area contributed by atoms with E-state index in [0.717, 1.165) is 87.1 Å². The molecule has 1 aromatic heterocycles. The second kappa shape index (κ2) is 6.63. The van der Waals surface area contributed by atoms with E-state index >= 15 is 0 Å². The highest BCUT2D eigenvalue weighted by Gasteiger charge is 2.34. The van der Waals surface area contributed by atoms with Crippen molar-refractivity contribution in [2.45, 2.75) is 31.7 Å². The summed E-state index contributed by atoms with van der Waals surface area (Å²) in [5.74, 6) is 0.222. The second-order valence-electron chi connectivity index (χ2n) is 7.76. The van der Waals surface area contributed by atoms with Crippen molar-refractivity contribution in [3.05, 3.63) is 41.1 Å². The van der Waals surface area contributed by atoms with E-state index in [9.17, 15) is 4.79 Å². The lowest BCUT2D eigenvalue weighted by Crippen LogP contribution is -2.49. The zero-order valence-electron chi connectivity index (χ0n) is 15.2. The van der Waals surface area contributed by atoms with Crippen molar-refractivity contribution in [3.63, 3.8) is 0 Å². The van der Waals surface area contributed by atoms with Crippen molar-refractivity contribution < 1.29 is 4.79 Å². The molecule has 26 heavy (non-hydrogen) atoms. The summed E-state index contributed by atoms with van der Waals surface area (Å²) in [4.78, 5) is 23.0. The molecular formula is C21H26N4O. The molecule has 1 amide bonds. The Morgan fingerprint density at radius 3 is 2.85 bits per heavy atom. The van der Waals surface area contributed by atoms with Gasteiger partial charge in [-0.1, -0.05) is 18.2 Å². The maximum atomic E-state index is 13.5. The summed E-state index contributed by atoms with van der Waals surface area (Å²) in [6.45, 7) is 6.06. The van der Waals surface area contributed by atoms with Gasteiger partial charge in [-0.15, -0.1) is 0 Å². The first-order valence-corrected chi connectivity index (χ1v) is 9.96. The van der Waals surface area contributed by atoms with Gasteiger partial charge in [0.1, 0.15) is 0 Å². The van der Waals surface area contributed by atoms with Crippen molar-refractivity contribution in [1.82, 2.24) is 20.1 Å². The lowest BCUT2D eigenvalue weighted by molar-refractivity contribution is 0.0774. The number of pyridine rings is 1. The van der Waals surface area contributed by atoms with Crippen LogP contribution in [0.25, 0.3) is 10.9 Å². The number of likely N-dealkylation sites (tertiary alicyclic amines) is 1. The van der Waals surface area contributed by atoms with Crippen LogP contribution in [0.15, 0.2) is 24.3 Å². The van der Waals surface area contributed by atoms with E-state index in [1.807, 2.05) is 18.2 Å². The number of rotatable bonds is 2. The minimum absolute atomic E-state index is 0.222. The summed E-state index contributed by atoms with van der Waals surface area (Å²) in [6, 6.07) is 8.66. The average Bonchev–Trinajstić information content (AvgIpc) is 3.35. The fraction of sp³-hybridized carbons (Fsp3) is 0.524. The molecule has 0 bridgehead atoms. The molecule has 0 spiro atoms. The number of hydrogen-bond donors (Lipinski definition) is 1. The standard InChI is InChI=1S/C21H26N4O/c26-21(25-11-8-15(14-25)24-12-9-22-10-13-24)20-16-4-1-2-6-18(16)23-19-7-3-5-17(19)20/h1-2,4,6,15,22H,3,5,7-14H2. The average molecular weight is 350 g/mol. The van der Waals surface area contributed by atoms with Crippen LogP contribution in [0.2, 0.25) is 0 Å². The third-order valence-electron chi connectivity index (χ3n) is 6.25. The molecule has 2 fully saturated rings. The molecule has 5 nitrogen and oxygen atoms in total. The highest BCUT2D eigenvalue weighted by atomic mass is 16.2. The van der Waals surface area contributed by atoms with Gasteiger partial charge >= 0.3 is 0 Å². The molecule has 0 saturated carbocycles. The van der Waals surface area contributed by atoms with Crippen LogP contribution in [-0.4, -0.2) is 66.0 Å². The third-order valence-corrected chi connectivity index (χ3v) is 6.25. The first-order valence-electron chi connectivity index (χ1n) is 9.96. The van der Waals surface area contributed by atoms with Gasteiger partial charge in [0.05, 0.1) is 11.1 Å². The highest BCUT2D eigenvalue weighted by molar-refractivity contribution is 6.08. The number of benzene rings is 1. The largest absolute Gasteiger partial charge is 0.337 e. The molecule has 3 aliphatic rings. The van der Waals surface area contributed by atoms with E-state index in [2.05, 4.69) is 21.2 Å². The summed E-state index contributed by atoms with van der Waals surface area (Å²) >= 11 is 0. The summed E-state index contributed by atoms with van der Waals surface area (Å²) in [6.07, 6.45) is 4.20. The van der Waals surface area contributed by atoms with Gasteiger partial charge in [-0.3, -0.25) is 14.7 Å². The first kappa shape index (κ1) is 16.2. The maximum absolute atomic E-state index is 13.5. The Hall–Kier alpha value is -1.98. The summed E-state index contributed by atoms with van der Waals surface area (Å²) in [5.41, 5.74) is 4.25. The Morgan fingerprint density at radius 2 is 1.96 bits per heavy atom. The van der Waals surface area contributed by atoms with Crippen LogP contribution in [0.4, 0.5) is 0 Å². The van der Waals surface area contributed by atoms with Crippen molar-refractivity contribution in [2.75, 3.05) is 39.3 Å². The Morgan fingerprint density at radius 1 is 1.12 bits per heavy atom. The van der Waals surface area contributed by atoms with E-state index < -0.39 is 0 Å². The molecule has 2 saturated heterocycles. The maximum Gasteiger partial charge on any atom is 0.254 e. The lowest BCUT2D eigenvalue weighted by atomic mass is 10.00. The first-order chi connectivity index (χ1) is 12.8. The number of nitrogens with zero attached hydrogens (tertiary/aromatic N) is 3. The van der Waals surface area contributed by atoms with Gasteiger partial charge in [-0.25, -0.2) is 0 Å². The minimum Gasteiger partial charge on any atom is -0.337 e. The molecule has 1 atom stereocenters. The number of fused-ring (bicyclic) bond motifs is 2. The van der Waals surface area contributed by atoms with E-state index in [1.54, 1.807) is 0 Å². The number of nitrogens with one attached hydrogen (secondary N) is 1. The van der Waals surface area contributed by atoms with Crippen LogP contribution in [0.1, 0.15) is 34.5 Å². The molecule has 1 aromatic carbocycles. The van der Waals surface area contributed by atoms with Gasteiger partial charge in [0.2, 0.25) is 0 Å². The molecule has 0 radical (unpaired) electrons. The molecule has 136 valence electrons. The second-order valence-corrected chi connectivity index (χ2v) is 7.76. The Kier molecular flexibility index (Phi) is 4.14. The van der Waals surface area contributed by atoms with Crippen molar-refractivity contribution >= 4 is 16.8 Å². The lowest BCUT2D eigenvalue weighted by Gasteiger charge is -2.32. The van der Waals surface area contributed by atoms with Crippen molar-refractivity contribution in [1.29, 1.82) is 0 Å². The van der Waals surface area contributed by atoms with Gasteiger partial charge in [-0.2, -0.15) is 0 Å². The third kappa shape index (κ3) is 2.70. The number of hydrogen-bond acceptors (Lipinski definition) is 4. The Balaban J connectivity index is 1.46. The number of carbonyl (C=O) groups excluding carboxylic acids is 1. The van der Waals surface area contributed by atoms with Crippen LogP contribution >= 0.6 is 0 Å². The number of piperazine rings is 1. The van der Waals surface area contributed by atoms with E-state index in [4.69, 9.17) is 4.98 Å². The molecule has 1 unspecified atom stereocenters. The molecular weight excluding hydrogens is 324 g/mol. The van der Waals surface area contributed by atoms with Crippen LogP contribution in [-0.2, 0) is 12.8 Å². The predicted octanol–water partition coefficient (Wildman–Crippen LogP) is 1.84. The Labute approximate surface area is 154 Å². The summed E-state index contributed by atoms with van der Waals surface area (Å²) in [7, 11) is 0. The molecule has 2 aromatic rings. The number of para-hydroxylation sites is 1. The molecule has 5 rings (SSSR count). The van der Waals surface area contributed by atoms with Crippen LogP contribution in [0.3, 0.4) is 0 Å². The molecule has 1 N–H and O–H groups in total. The number of aromatic nitrogens is 1. The van der Waals surface area contributed by atoms with Gasteiger partial charge in [-0.05, 0) is 37.3 Å². The van der Waals surface area contributed by atoms with Gasteiger partial charge in [0, 0.05) is 56.4 Å². The zero-order valence-corrected chi connectivity index (χ0v) is 15.2. The van der Waals surface area contributed by atoms with Crippen molar-refractivity contribution in [2.24, 2.45) is 0 Å². The van der Waals surface area contributed by atoms with E-state index in [-0.39, 0.29) is 5.91 Å². The quantitative estimate of drug-likeness (QED) is 0.898. The molecule has 2 aliphatic heterocycles. The smallest absolute Gasteiger partial charge is 0.254 e. The number of amides is 1. The normalized spacial score (nSPS) is 23.5. The summed E-state index contributed by atoms with van der Waals surface area (Å²) < 4.78 is 0. The zero-order chi connectivity index (χ0) is 17.5. The highest BCUT2D eigenvalue weighted by Crippen LogP contribution is 2.32. The SMILES string of the molecule is O=C(c1c2c(nc3ccccc13)CCC2)N1CCC(N2CCNCC2)C1. The monoisotopic (exact) mass is 350 g/mol. The van der Waals surface area contributed by atoms with Gasteiger partial charge in [0.15, 0.2) is 0 Å². The number of aryl methyl sites for hydroxylation is 1. The van der Waals surface area contributed by atoms with Crippen LogP contribution in [0.5, 0.6) is 0 Å². The van der Waals surface area contributed by atoms with Crippen LogP contribution in [0, 0.1) is 0 Å². The topological polar surface area (TPSA) is 48.5 Å². The van der Waals surface area contributed by atoms with Crippen LogP contribution < -0.4 is 5.32 Å². The minimum atomic E-state index is 0.222. The van der Waals surface area contributed by atoms with E-state index in [0.29, 0.717) is 6.04 Å². The van der Waals surface area contributed by atoms with E-state index in [1.165, 1.54) is 5.56 Å². The van der Waals surface area contributed by atoms with Gasteiger partial charge in [0.25, 0.3) is 5.91 Å². The Bertz CT molecular complexity index is 843. The fourth-order valence-corrected chi connectivity index (χ4v) is 4.88. The molecule has 5 heteroatoms. The fourth-order valence-electron chi connectivity index (χ4n) is 4.88.